The second kappa shape index (κ2) is 58.7. The number of carbonyl (C=O) groups excluding carboxylic acids is 3. The van der Waals surface area contributed by atoms with E-state index in [1.807, 2.05) is 0 Å². The van der Waals surface area contributed by atoms with Gasteiger partial charge in [0.2, 0.25) is 0 Å². The number of hydrogen-bond acceptors (Lipinski definition) is 6. The van der Waals surface area contributed by atoms with E-state index in [9.17, 15) is 14.4 Å². The smallest absolute Gasteiger partial charge is 0.306 e. The SMILES string of the molecule is CCCCCCCCCCCCCCCCCCCC(=O)O[C@@H](COC(=O)CCCCCCCCCCCCCCCCCCCCC(C)C)COC(=O)CCCCCCCCCCCCCCCC(C)C. The summed E-state index contributed by atoms with van der Waals surface area (Å²) in [5.41, 5.74) is 0. The van der Waals surface area contributed by atoms with Crippen molar-refractivity contribution in [2.75, 3.05) is 13.2 Å². The zero-order valence-electron chi connectivity index (χ0n) is 49.6. The van der Waals surface area contributed by atoms with Crippen LogP contribution in [-0.2, 0) is 28.6 Å². The number of esters is 3. The molecule has 0 aliphatic rings. The van der Waals surface area contributed by atoms with Gasteiger partial charge in [0, 0.05) is 19.3 Å². The Bertz CT molecular complexity index is 1100. The molecule has 0 amide bonds. The van der Waals surface area contributed by atoms with Crippen molar-refractivity contribution in [3.63, 3.8) is 0 Å². The Morgan fingerprint density at radius 1 is 0.264 bits per heavy atom. The predicted molar refractivity (Wildman–Crippen MR) is 312 cm³/mol. The van der Waals surface area contributed by atoms with E-state index >= 15 is 0 Å². The van der Waals surface area contributed by atoms with Gasteiger partial charge >= 0.3 is 17.9 Å². The Labute approximate surface area is 450 Å². The molecule has 0 aromatic rings. The summed E-state index contributed by atoms with van der Waals surface area (Å²) < 4.78 is 17.0. The molecular weight excluding hydrogens is 889 g/mol. The lowest BCUT2D eigenvalue weighted by Crippen LogP contribution is -2.30. The molecule has 6 heteroatoms. The average molecular weight is 1020 g/mol. The highest BCUT2D eigenvalue weighted by Gasteiger charge is 2.19. The van der Waals surface area contributed by atoms with Gasteiger partial charge in [0.15, 0.2) is 6.10 Å². The molecule has 0 N–H and O–H groups in total. The third-order valence-electron chi connectivity index (χ3n) is 15.2. The topological polar surface area (TPSA) is 78.9 Å². The summed E-state index contributed by atoms with van der Waals surface area (Å²) in [7, 11) is 0. The summed E-state index contributed by atoms with van der Waals surface area (Å²) in [6, 6.07) is 0. The maximum atomic E-state index is 12.9. The molecule has 0 aliphatic heterocycles. The van der Waals surface area contributed by atoms with Crippen LogP contribution < -0.4 is 0 Å². The number of rotatable bonds is 60. The first-order chi connectivity index (χ1) is 35.2. The van der Waals surface area contributed by atoms with Crippen LogP contribution in [-0.4, -0.2) is 37.2 Å². The van der Waals surface area contributed by atoms with Crippen LogP contribution in [0.5, 0.6) is 0 Å². The molecule has 0 spiro atoms. The van der Waals surface area contributed by atoms with Gasteiger partial charge in [-0.1, -0.05) is 336 Å². The first-order valence-corrected chi connectivity index (χ1v) is 32.7. The van der Waals surface area contributed by atoms with Crippen LogP contribution in [0.2, 0.25) is 0 Å². The van der Waals surface area contributed by atoms with Crippen LogP contribution in [0.4, 0.5) is 0 Å². The minimum Gasteiger partial charge on any atom is -0.462 e. The summed E-state index contributed by atoms with van der Waals surface area (Å²) >= 11 is 0. The lowest BCUT2D eigenvalue weighted by molar-refractivity contribution is -0.167. The molecule has 0 saturated heterocycles. The Hall–Kier alpha value is -1.59. The molecule has 1 atom stereocenters. The second-order valence-electron chi connectivity index (χ2n) is 23.7. The number of unbranched alkanes of at least 4 members (excludes halogenated alkanes) is 45. The van der Waals surface area contributed by atoms with Crippen LogP contribution in [0.3, 0.4) is 0 Å². The lowest BCUT2D eigenvalue weighted by atomic mass is 10.0. The van der Waals surface area contributed by atoms with Crippen LogP contribution in [0, 0.1) is 11.8 Å². The van der Waals surface area contributed by atoms with Gasteiger partial charge < -0.3 is 14.2 Å². The third kappa shape index (κ3) is 59.3. The summed E-state index contributed by atoms with van der Waals surface area (Å²) in [6.07, 6.45) is 65.4. The van der Waals surface area contributed by atoms with E-state index in [1.54, 1.807) is 0 Å². The molecule has 0 saturated carbocycles. The molecular formula is C66H128O6. The summed E-state index contributed by atoms with van der Waals surface area (Å²) in [6.45, 7) is 11.5. The number of hydrogen-bond donors (Lipinski definition) is 0. The number of carbonyl (C=O) groups is 3. The normalized spacial score (nSPS) is 12.0. The van der Waals surface area contributed by atoms with Crippen LogP contribution in [0.15, 0.2) is 0 Å². The fourth-order valence-corrected chi connectivity index (χ4v) is 10.3. The summed E-state index contributed by atoms with van der Waals surface area (Å²) in [4.78, 5) is 38.3. The van der Waals surface area contributed by atoms with E-state index < -0.39 is 6.10 Å². The molecule has 0 aromatic carbocycles. The van der Waals surface area contributed by atoms with Gasteiger partial charge in [-0.3, -0.25) is 14.4 Å². The van der Waals surface area contributed by atoms with Crippen molar-refractivity contribution in [2.45, 2.75) is 381 Å². The zero-order chi connectivity index (χ0) is 52.5. The molecule has 0 aromatic heterocycles. The third-order valence-corrected chi connectivity index (χ3v) is 15.2. The van der Waals surface area contributed by atoms with Crippen molar-refractivity contribution in [2.24, 2.45) is 11.8 Å². The van der Waals surface area contributed by atoms with E-state index in [-0.39, 0.29) is 31.1 Å². The standard InChI is InChI=1S/C66H128O6/c1-6-7-8-9-10-11-12-13-14-17-22-27-33-38-43-48-53-58-66(69)72-63(60-71-65(68)57-52-47-42-37-32-28-23-25-30-35-40-45-50-55-62(4)5)59-70-64(67)56-51-46-41-36-31-26-21-19-16-15-18-20-24-29-34-39-44-49-54-61(2)3/h61-63H,6-60H2,1-5H3/t63-/m0/s1. The molecule has 0 rings (SSSR count). The zero-order valence-corrected chi connectivity index (χ0v) is 49.6. The van der Waals surface area contributed by atoms with E-state index in [2.05, 4.69) is 34.6 Å². The van der Waals surface area contributed by atoms with E-state index in [0.29, 0.717) is 19.3 Å². The molecule has 0 unspecified atom stereocenters. The minimum absolute atomic E-state index is 0.0616. The summed E-state index contributed by atoms with van der Waals surface area (Å²) in [5, 5.41) is 0. The van der Waals surface area contributed by atoms with Gasteiger partial charge in [-0.25, -0.2) is 0 Å². The van der Waals surface area contributed by atoms with Gasteiger partial charge in [0.25, 0.3) is 0 Å². The van der Waals surface area contributed by atoms with Crippen molar-refractivity contribution in [3.05, 3.63) is 0 Å². The van der Waals surface area contributed by atoms with Crippen molar-refractivity contribution in [3.8, 4) is 0 Å². The maximum absolute atomic E-state index is 12.9. The highest BCUT2D eigenvalue weighted by molar-refractivity contribution is 5.71. The lowest BCUT2D eigenvalue weighted by Gasteiger charge is -2.18. The van der Waals surface area contributed by atoms with E-state index in [0.717, 1.165) is 69.6 Å². The average Bonchev–Trinajstić information content (AvgIpc) is 3.36. The Kier molecular flexibility index (Phi) is 57.4. The van der Waals surface area contributed by atoms with E-state index in [1.165, 1.54) is 263 Å². The molecule has 428 valence electrons. The number of ether oxygens (including phenoxy) is 3. The van der Waals surface area contributed by atoms with Gasteiger partial charge in [-0.15, -0.1) is 0 Å². The quantitative estimate of drug-likeness (QED) is 0.0343. The maximum Gasteiger partial charge on any atom is 0.306 e. The Balaban J connectivity index is 4.27. The fraction of sp³-hybridized carbons (Fsp3) is 0.955. The monoisotopic (exact) mass is 1020 g/mol. The first-order valence-electron chi connectivity index (χ1n) is 32.7. The first kappa shape index (κ1) is 70.4. The van der Waals surface area contributed by atoms with Crippen molar-refractivity contribution in [1.82, 2.24) is 0 Å². The molecule has 0 aliphatic carbocycles. The highest BCUT2D eigenvalue weighted by Crippen LogP contribution is 2.19. The van der Waals surface area contributed by atoms with Crippen LogP contribution >= 0.6 is 0 Å². The van der Waals surface area contributed by atoms with Gasteiger partial charge in [-0.05, 0) is 31.1 Å². The van der Waals surface area contributed by atoms with Crippen LogP contribution in [0.25, 0.3) is 0 Å². The highest BCUT2D eigenvalue weighted by atomic mass is 16.6. The largest absolute Gasteiger partial charge is 0.462 e. The Morgan fingerprint density at radius 3 is 0.681 bits per heavy atom. The van der Waals surface area contributed by atoms with Crippen molar-refractivity contribution < 1.29 is 28.6 Å². The van der Waals surface area contributed by atoms with Crippen molar-refractivity contribution >= 4 is 17.9 Å². The van der Waals surface area contributed by atoms with Crippen molar-refractivity contribution in [1.29, 1.82) is 0 Å². The predicted octanol–water partition coefficient (Wildman–Crippen LogP) is 22.0. The second-order valence-corrected chi connectivity index (χ2v) is 23.7. The minimum atomic E-state index is -0.764. The van der Waals surface area contributed by atoms with E-state index in [4.69, 9.17) is 14.2 Å². The van der Waals surface area contributed by atoms with Gasteiger partial charge in [0.05, 0.1) is 0 Å². The molecule has 0 radical (unpaired) electrons. The van der Waals surface area contributed by atoms with Gasteiger partial charge in [0.1, 0.15) is 13.2 Å². The van der Waals surface area contributed by atoms with Gasteiger partial charge in [-0.2, -0.15) is 0 Å². The Morgan fingerprint density at radius 2 is 0.458 bits per heavy atom. The molecule has 0 fully saturated rings. The molecule has 0 bridgehead atoms. The molecule has 0 heterocycles. The summed E-state index contributed by atoms with van der Waals surface area (Å²) in [5.74, 6) is 0.870. The fourth-order valence-electron chi connectivity index (χ4n) is 10.3. The molecule has 72 heavy (non-hydrogen) atoms. The molecule has 6 nitrogen and oxygen atoms in total. The van der Waals surface area contributed by atoms with Crippen LogP contribution in [0.1, 0.15) is 375 Å².